The third kappa shape index (κ3) is 3.96. The van der Waals surface area contributed by atoms with Crippen LogP contribution in [0.1, 0.15) is 0 Å². The Hall–Kier alpha value is -1.58. The van der Waals surface area contributed by atoms with Crippen molar-refractivity contribution in [3.63, 3.8) is 0 Å². The van der Waals surface area contributed by atoms with Gasteiger partial charge in [-0.1, -0.05) is 27.5 Å². The van der Waals surface area contributed by atoms with E-state index in [1.165, 1.54) is 12.1 Å². The molecule has 0 fully saturated rings. The Balaban J connectivity index is 2.28. The van der Waals surface area contributed by atoms with Gasteiger partial charge in [0.15, 0.2) is 0 Å². The Morgan fingerprint density at radius 1 is 1.48 bits per heavy atom. The molecule has 1 aromatic carbocycles. The Kier molecular flexibility index (Phi) is 4.55. The lowest BCUT2D eigenvalue weighted by Gasteiger charge is -2.08. The zero-order valence-corrected chi connectivity index (χ0v) is 13.5. The number of aliphatic carboxylic acids is 1. The number of nitrogens with one attached hydrogen (secondary N) is 1. The van der Waals surface area contributed by atoms with E-state index in [0.29, 0.717) is 4.47 Å². The number of nitrogens with zero attached hydrogens (tertiary/aromatic N) is 2. The molecule has 1 aromatic heterocycles. The van der Waals surface area contributed by atoms with E-state index >= 15 is 0 Å². The van der Waals surface area contributed by atoms with Gasteiger partial charge < -0.3 is 5.11 Å². The van der Waals surface area contributed by atoms with Crippen LogP contribution in [0, 0.1) is 0 Å². The minimum absolute atomic E-state index is 0.153. The Morgan fingerprint density at radius 3 is 2.86 bits per heavy atom. The molecule has 1 heterocycles. The molecule has 0 amide bonds. The van der Waals surface area contributed by atoms with E-state index in [4.69, 9.17) is 16.7 Å². The van der Waals surface area contributed by atoms with E-state index in [9.17, 15) is 13.2 Å². The highest BCUT2D eigenvalue weighted by molar-refractivity contribution is 9.10. The summed E-state index contributed by atoms with van der Waals surface area (Å²) in [4.78, 5) is 10.4. The number of carbonyl (C=O) groups is 1. The molecule has 0 atom stereocenters. The van der Waals surface area contributed by atoms with Crippen LogP contribution in [0.2, 0.25) is 5.02 Å². The average molecular weight is 395 g/mol. The maximum absolute atomic E-state index is 12.2. The van der Waals surface area contributed by atoms with E-state index < -0.39 is 22.5 Å². The van der Waals surface area contributed by atoms with Gasteiger partial charge in [-0.05, 0) is 18.2 Å². The van der Waals surface area contributed by atoms with Crippen LogP contribution in [0.25, 0.3) is 0 Å². The lowest BCUT2D eigenvalue weighted by molar-refractivity contribution is -0.137. The molecule has 0 saturated carbocycles. The number of carboxylic acid groups (broad SMARTS) is 1. The van der Waals surface area contributed by atoms with Gasteiger partial charge in [0.2, 0.25) is 0 Å². The van der Waals surface area contributed by atoms with Crippen molar-refractivity contribution in [3.8, 4) is 0 Å². The van der Waals surface area contributed by atoms with Crippen molar-refractivity contribution in [1.82, 2.24) is 9.78 Å². The van der Waals surface area contributed by atoms with Crippen molar-refractivity contribution in [3.05, 3.63) is 40.1 Å². The second kappa shape index (κ2) is 6.04. The van der Waals surface area contributed by atoms with Crippen molar-refractivity contribution < 1.29 is 18.3 Å². The summed E-state index contributed by atoms with van der Waals surface area (Å²) in [6.45, 7) is -0.423. The Morgan fingerprint density at radius 2 is 2.19 bits per heavy atom. The predicted molar refractivity (Wildman–Crippen MR) is 79.8 cm³/mol. The molecular formula is C11H9BrClN3O4S. The van der Waals surface area contributed by atoms with Crippen LogP contribution in [0.3, 0.4) is 0 Å². The number of benzene rings is 1. The molecule has 7 nitrogen and oxygen atoms in total. The molecule has 0 saturated heterocycles. The van der Waals surface area contributed by atoms with Crippen LogP contribution in [0.5, 0.6) is 0 Å². The third-order valence-corrected chi connectivity index (χ3v) is 4.53. The van der Waals surface area contributed by atoms with Crippen molar-refractivity contribution in [1.29, 1.82) is 0 Å². The van der Waals surface area contributed by atoms with Gasteiger partial charge in [-0.3, -0.25) is 14.2 Å². The second-order valence-corrected chi connectivity index (χ2v) is 7.00. The number of rotatable bonds is 5. The first-order valence-electron chi connectivity index (χ1n) is 5.50. The van der Waals surface area contributed by atoms with Gasteiger partial charge in [0.1, 0.15) is 11.4 Å². The van der Waals surface area contributed by atoms with Crippen molar-refractivity contribution in [2.45, 2.75) is 11.4 Å². The highest BCUT2D eigenvalue weighted by Gasteiger charge is 2.18. The zero-order chi connectivity index (χ0) is 15.6. The van der Waals surface area contributed by atoms with Crippen LogP contribution in [-0.2, 0) is 21.4 Å². The minimum Gasteiger partial charge on any atom is -0.480 e. The van der Waals surface area contributed by atoms with E-state index in [1.807, 2.05) is 0 Å². The fourth-order valence-corrected chi connectivity index (χ4v) is 3.09. The van der Waals surface area contributed by atoms with Crippen LogP contribution in [0.15, 0.2) is 40.0 Å². The lowest BCUT2D eigenvalue weighted by atomic mass is 10.3. The molecule has 0 aliphatic rings. The Bertz CT molecular complexity index is 791. The van der Waals surface area contributed by atoms with Crippen LogP contribution < -0.4 is 4.72 Å². The predicted octanol–water partition coefficient (Wildman–Crippen LogP) is 2.18. The summed E-state index contributed by atoms with van der Waals surface area (Å²) in [6, 6.07) is 4.73. The highest BCUT2D eigenvalue weighted by Crippen LogP contribution is 2.27. The smallest absolute Gasteiger partial charge is 0.325 e. The number of anilines is 1. The fourth-order valence-electron chi connectivity index (χ4n) is 1.49. The summed E-state index contributed by atoms with van der Waals surface area (Å²) >= 11 is 9.13. The molecule has 0 spiro atoms. The number of aromatic nitrogens is 2. The van der Waals surface area contributed by atoms with Crippen LogP contribution in [-0.4, -0.2) is 29.3 Å². The number of hydrogen-bond donors (Lipinski definition) is 2. The van der Waals surface area contributed by atoms with Gasteiger partial charge in [0, 0.05) is 10.7 Å². The SMILES string of the molecule is O=C(O)Cn1cc(S(=O)(=O)Nc2cc(Br)ccc2Cl)cn1. The van der Waals surface area contributed by atoms with E-state index in [1.54, 1.807) is 6.07 Å². The molecule has 2 N–H and O–H groups in total. The quantitative estimate of drug-likeness (QED) is 0.809. The molecule has 2 aromatic rings. The standard InChI is InChI=1S/C11H9BrClN3O4S/c12-7-1-2-9(13)10(3-7)15-21(19,20)8-4-14-16(5-8)6-11(17)18/h1-5,15H,6H2,(H,17,18). The fraction of sp³-hybridized carbons (Fsp3) is 0.0909. The molecule has 10 heteroatoms. The summed E-state index contributed by atoms with van der Waals surface area (Å²) in [5.74, 6) is -1.12. The van der Waals surface area contributed by atoms with Gasteiger partial charge in [-0.25, -0.2) is 8.42 Å². The van der Waals surface area contributed by atoms with Gasteiger partial charge in [0.05, 0.1) is 16.9 Å². The summed E-state index contributed by atoms with van der Waals surface area (Å²) in [5.41, 5.74) is 0.206. The summed E-state index contributed by atoms with van der Waals surface area (Å²) < 4.78 is 28.3. The second-order valence-electron chi connectivity index (χ2n) is 4.00. The molecular weight excluding hydrogens is 386 g/mol. The van der Waals surface area contributed by atoms with Gasteiger partial charge in [0.25, 0.3) is 10.0 Å². The molecule has 0 bridgehead atoms. The first kappa shape index (κ1) is 15.8. The monoisotopic (exact) mass is 393 g/mol. The Labute approximate surface area is 133 Å². The van der Waals surface area contributed by atoms with Crippen LogP contribution >= 0.6 is 27.5 Å². The molecule has 2 rings (SSSR count). The molecule has 21 heavy (non-hydrogen) atoms. The zero-order valence-electron chi connectivity index (χ0n) is 10.3. The molecule has 112 valence electrons. The molecule has 0 radical (unpaired) electrons. The lowest BCUT2D eigenvalue weighted by Crippen LogP contribution is -2.13. The number of sulfonamides is 1. The minimum atomic E-state index is -3.90. The average Bonchev–Trinajstić information content (AvgIpc) is 2.82. The van der Waals surface area contributed by atoms with Crippen molar-refractivity contribution in [2.24, 2.45) is 0 Å². The first-order valence-corrected chi connectivity index (χ1v) is 8.15. The van der Waals surface area contributed by atoms with E-state index in [0.717, 1.165) is 17.1 Å². The van der Waals surface area contributed by atoms with E-state index in [2.05, 4.69) is 25.8 Å². The molecule has 0 unspecified atom stereocenters. The first-order chi connectivity index (χ1) is 9.78. The van der Waals surface area contributed by atoms with Gasteiger partial charge >= 0.3 is 5.97 Å². The normalized spacial score (nSPS) is 11.3. The highest BCUT2D eigenvalue weighted by atomic mass is 79.9. The molecule has 0 aliphatic carbocycles. The number of hydrogen-bond acceptors (Lipinski definition) is 4. The van der Waals surface area contributed by atoms with Crippen molar-refractivity contribution >= 4 is 49.2 Å². The number of carboxylic acids is 1. The maximum Gasteiger partial charge on any atom is 0.325 e. The summed E-state index contributed by atoms with van der Waals surface area (Å²) in [7, 11) is -3.90. The maximum atomic E-state index is 12.2. The van der Waals surface area contributed by atoms with Gasteiger partial charge in [-0.15, -0.1) is 0 Å². The largest absolute Gasteiger partial charge is 0.480 e. The van der Waals surface area contributed by atoms with Crippen molar-refractivity contribution in [2.75, 3.05) is 4.72 Å². The summed E-state index contributed by atoms with van der Waals surface area (Å²) in [6.07, 6.45) is 2.19. The van der Waals surface area contributed by atoms with Gasteiger partial charge in [-0.2, -0.15) is 5.10 Å². The molecule has 0 aliphatic heterocycles. The topological polar surface area (TPSA) is 101 Å². The third-order valence-electron chi connectivity index (χ3n) is 2.39. The summed E-state index contributed by atoms with van der Waals surface area (Å²) in [5, 5.41) is 12.5. The number of halogens is 2. The van der Waals surface area contributed by atoms with E-state index in [-0.39, 0.29) is 15.6 Å². The van der Waals surface area contributed by atoms with Crippen LogP contribution in [0.4, 0.5) is 5.69 Å².